The lowest BCUT2D eigenvalue weighted by molar-refractivity contribution is 1.14. The fourth-order valence-corrected chi connectivity index (χ4v) is 1.87. The molecule has 0 bridgehead atoms. The minimum atomic E-state index is 0.451. The average Bonchev–Trinajstić information content (AvgIpc) is 2.32. The third-order valence-corrected chi connectivity index (χ3v) is 3.27. The van der Waals surface area contributed by atoms with Crippen molar-refractivity contribution in [2.24, 2.45) is 0 Å². The lowest BCUT2D eigenvalue weighted by Gasteiger charge is -2.08. The molecule has 0 radical (unpaired) electrons. The van der Waals surface area contributed by atoms with Crippen molar-refractivity contribution < 1.29 is 0 Å². The quantitative estimate of drug-likeness (QED) is 0.831. The molecule has 0 aliphatic rings. The normalized spacial score (nSPS) is 10.3. The Labute approximate surface area is 115 Å². The van der Waals surface area contributed by atoms with Gasteiger partial charge in [-0.25, -0.2) is 4.98 Å². The largest absolute Gasteiger partial charge is 0.378 e. The van der Waals surface area contributed by atoms with E-state index in [1.54, 1.807) is 12.3 Å². The lowest BCUT2D eigenvalue weighted by Crippen LogP contribution is -2.00. The fourth-order valence-electron chi connectivity index (χ4n) is 1.36. The van der Waals surface area contributed by atoms with E-state index >= 15 is 0 Å². The number of rotatable bonds is 3. The van der Waals surface area contributed by atoms with Gasteiger partial charge in [0.1, 0.15) is 0 Å². The summed E-state index contributed by atoms with van der Waals surface area (Å²) in [5, 5.41) is 4.73. The van der Waals surface area contributed by atoms with Crippen molar-refractivity contribution in [2.45, 2.75) is 6.54 Å². The summed E-state index contributed by atoms with van der Waals surface area (Å²) in [6.07, 6.45) is 1.65. The molecule has 2 rings (SSSR count). The Balaban J connectivity index is 2.08. The van der Waals surface area contributed by atoms with Gasteiger partial charge in [0.05, 0.1) is 15.7 Å². The summed E-state index contributed by atoms with van der Waals surface area (Å²) in [6, 6.07) is 9.19. The molecule has 0 saturated heterocycles. The highest BCUT2D eigenvalue weighted by atomic mass is 35.5. The maximum absolute atomic E-state index is 5.93. The summed E-state index contributed by atoms with van der Waals surface area (Å²) in [5.74, 6) is 0. The number of aromatic nitrogens is 1. The molecule has 2 nitrogen and oxygen atoms in total. The maximum Gasteiger partial charge on any atom is 0.152 e. The molecule has 1 heterocycles. The zero-order valence-electron chi connectivity index (χ0n) is 8.75. The van der Waals surface area contributed by atoms with Crippen LogP contribution in [0.2, 0.25) is 15.2 Å². The van der Waals surface area contributed by atoms with Crippen LogP contribution < -0.4 is 5.32 Å². The number of nitrogens with zero attached hydrogens (tertiary/aromatic N) is 1. The Bertz CT molecular complexity index is 529. The molecule has 0 amide bonds. The topological polar surface area (TPSA) is 24.9 Å². The number of nitrogens with one attached hydrogen (secondary N) is 1. The first-order valence-corrected chi connectivity index (χ1v) is 6.08. The molecular formula is C12H9Cl3N2. The Morgan fingerprint density at radius 2 is 1.88 bits per heavy atom. The standard InChI is InChI=1S/C12H9Cl3N2/c13-9-4-3-8(6-10(9)14)7-17-11-2-1-5-16-12(11)15/h1-6,17H,7H2. The Hall–Kier alpha value is -0.960. The number of hydrogen-bond donors (Lipinski definition) is 1. The van der Waals surface area contributed by atoms with Gasteiger partial charge in [0, 0.05) is 12.7 Å². The van der Waals surface area contributed by atoms with Crippen LogP contribution in [0.15, 0.2) is 36.5 Å². The Morgan fingerprint density at radius 1 is 1.06 bits per heavy atom. The summed E-state index contributed by atoms with van der Waals surface area (Å²) in [4.78, 5) is 3.98. The molecule has 0 unspecified atom stereocenters. The summed E-state index contributed by atoms with van der Waals surface area (Å²) in [7, 11) is 0. The van der Waals surface area contributed by atoms with E-state index in [1.165, 1.54) is 0 Å². The van der Waals surface area contributed by atoms with Crippen molar-refractivity contribution >= 4 is 40.5 Å². The number of anilines is 1. The van der Waals surface area contributed by atoms with E-state index in [9.17, 15) is 0 Å². The highest BCUT2D eigenvalue weighted by Crippen LogP contribution is 2.24. The van der Waals surface area contributed by atoms with E-state index in [2.05, 4.69) is 10.3 Å². The second-order valence-electron chi connectivity index (χ2n) is 3.44. The highest BCUT2D eigenvalue weighted by molar-refractivity contribution is 6.42. The number of pyridine rings is 1. The van der Waals surface area contributed by atoms with Crippen LogP contribution in [0, 0.1) is 0 Å². The Kier molecular flexibility index (Phi) is 4.11. The minimum absolute atomic E-state index is 0.451. The van der Waals surface area contributed by atoms with E-state index in [4.69, 9.17) is 34.8 Å². The van der Waals surface area contributed by atoms with Gasteiger partial charge in [-0.2, -0.15) is 0 Å². The summed E-state index contributed by atoms with van der Waals surface area (Å²) in [6.45, 7) is 0.613. The molecule has 88 valence electrons. The SMILES string of the molecule is Clc1ccc(CNc2cccnc2Cl)cc1Cl. The van der Waals surface area contributed by atoms with Gasteiger partial charge in [-0.05, 0) is 29.8 Å². The second kappa shape index (κ2) is 5.58. The molecule has 1 N–H and O–H groups in total. The van der Waals surface area contributed by atoms with Crippen LogP contribution in [0.25, 0.3) is 0 Å². The van der Waals surface area contributed by atoms with Crippen molar-refractivity contribution in [3.8, 4) is 0 Å². The zero-order chi connectivity index (χ0) is 12.3. The first-order chi connectivity index (χ1) is 8.16. The number of halogens is 3. The van der Waals surface area contributed by atoms with E-state index in [-0.39, 0.29) is 0 Å². The number of benzene rings is 1. The molecule has 0 fully saturated rings. The van der Waals surface area contributed by atoms with Gasteiger partial charge in [0.15, 0.2) is 5.15 Å². The summed E-state index contributed by atoms with van der Waals surface area (Å²) >= 11 is 17.7. The van der Waals surface area contributed by atoms with E-state index in [1.807, 2.05) is 24.3 Å². The summed E-state index contributed by atoms with van der Waals surface area (Å²) in [5.41, 5.74) is 1.82. The lowest BCUT2D eigenvalue weighted by atomic mass is 10.2. The highest BCUT2D eigenvalue weighted by Gasteiger charge is 2.02. The first-order valence-electron chi connectivity index (χ1n) is 4.95. The smallest absolute Gasteiger partial charge is 0.152 e. The monoisotopic (exact) mass is 286 g/mol. The second-order valence-corrected chi connectivity index (χ2v) is 4.62. The van der Waals surface area contributed by atoms with Crippen molar-refractivity contribution in [1.82, 2.24) is 4.98 Å². The molecule has 1 aromatic carbocycles. The average molecular weight is 288 g/mol. The fraction of sp³-hybridized carbons (Fsp3) is 0.0833. The van der Waals surface area contributed by atoms with E-state index < -0.39 is 0 Å². The predicted molar refractivity (Wildman–Crippen MR) is 73.0 cm³/mol. The van der Waals surface area contributed by atoms with Gasteiger partial charge in [0.25, 0.3) is 0 Å². The van der Waals surface area contributed by atoms with Crippen molar-refractivity contribution in [3.63, 3.8) is 0 Å². The van der Waals surface area contributed by atoms with Gasteiger partial charge in [-0.3, -0.25) is 0 Å². The first kappa shape index (κ1) is 12.5. The van der Waals surface area contributed by atoms with Gasteiger partial charge in [-0.15, -0.1) is 0 Å². The van der Waals surface area contributed by atoms with E-state index in [0.717, 1.165) is 11.3 Å². The third-order valence-electron chi connectivity index (χ3n) is 2.23. The van der Waals surface area contributed by atoms with Crippen LogP contribution in [0.4, 0.5) is 5.69 Å². The van der Waals surface area contributed by atoms with Crippen LogP contribution in [-0.2, 0) is 6.54 Å². The molecule has 0 aliphatic heterocycles. The van der Waals surface area contributed by atoms with Crippen LogP contribution in [0.1, 0.15) is 5.56 Å². The minimum Gasteiger partial charge on any atom is -0.378 e. The van der Waals surface area contributed by atoms with Crippen LogP contribution in [0.5, 0.6) is 0 Å². The molecule has 1 aromatic heterocycles. The van der Waals surface area contributed by atoms with Crippen molar-refractivity contribution in [2.75, 3.05) is 5.32 Å². The van der Waals surface area contributed by atoms with Crippen molar-refractivity contribution in [1.29, 1.82) is 0 Å². The molecule has 2 aromatic rings. The van der Waals surface area contributed by atoms with Gasteiger partial charge >= 0.3 is 0 Å². The zero-order valence-corrected chi connectivity index (χ0v) is 11.0. The van der Waals surface area contributed by atoms with E-state index in [0.29, 0.717) is 21.7 Å². The van der Waals surface area contributed by atoms with Gasteiger partial charge < -0.3 is 5.32 Å². The maximum atomic E-state index is 5.93. The van der Waals surface area contributed by atoms with Gasteiger partial charge in [-0.1, -0.05) is 40.9 Å². The molecular weight excluding hydrogens is 279 g/mol. The van der Waals surface area contributed by atoms with Crippen LogP contribution in [-0.4, -0.2) is 4.98 Å². The molecule has 5 heteroatoms. The predicted octanol–water partition coefficient (Wildman–Crippen LogP) is 4.65. The van der Waals surface area contributed by atoms with Crippen LogP contribution >= 0.6 is 34.8 Å². The molecule has 0 atom stereocenters. The summed E-state index contributed by atoms with van der Waals surface area (Å²) < 4.78 is 0. The molecule has 0 aliphatic carbocycles. The van der Waals surface area contributed by atoms with Crippen LogP contribution in [0.3, 0.4) is 0 Å². The molecule has 17 heavy (non-hydrogen) atoms. The number of hydrogen-bond acceptors (Lipinski definition) is 2. The Morgan fingerprint density at radius 3 is 2.59 bits per heavy atom. The molecule has 0 saturated carbocycles. The van der Waals surface area contributed by atoms with Crippen molar-refractivity contribution in [3.05, 3.63) is 57.3 Å². The molecule has 0 spiro atoms. The van der Waals surface area contributed by atoms with Gasteiger partial charge in [0.2, 0.25) is 0 Å². The third kappa shape index (κ3) is 3.25.